The molecule has 0 saturated carbocycles. The summed E-state index contributed by atoms with van der Waals surface area (Å²) in [6, 6.07) is 10.6. The molecule has 0 radical (unpaired) electrons. The van der Waals surface area contributed by atoms with Crippen LogP contribution in [0.1, 0.15) is 38.2 Å². The van der Waals surface area contributed by atoms with Crippen LogP contribution in [-0.2, 0) is 16.5 Å². The predicted molar refractivity (Wildman–Crippen MR) is 92.3 cm³/mol. The monoisotopic (exact) mass is 350 g/mol. The highest BCUT2D eigenvalue weighted by Gasteiger charge is 2.12. The average Bonchev–Trinajstić information content (AvgIpc) is 2.53. The fraction of sp³-hybridized carbons (Fsp3) is 0.333. The van der Waals surface area contributed by atoms with E-state index in [2.05, 4.69) is 6.92 Å². The zero-order valence-corrected chi connectivity index (χ0v) is 14.4. The number of ether oxygens (including phenoxy) is 1. The summed E-state index contributed by atoms with van der Waals surface area (Å²) in [5.74, 6) is 1.17. The first-order valence-electron chi connectivity index (χ1n) is 7.98. The van der Waals surface area contributed by atoms with Gasteiger partial charge in [0.05, 0.1) is 4.90 Å². The van der Waals surface area contributed by atoms with E-state index in [1.807, 2.05) is 0 Å². The smallest absolute Gasteiger partial charge is 0.294 e. The van der Waals surface area contributed by atoms with Gasteiger partial charge in [0.25, 0.3) is 10.1 Å². The fourth-order valence-electron chi connectivity index (χ4n) is 2.44. The lowest BCUT2D eigenvalue weighted by molar-refractivity contribution is 0.441. The van der Waals surface area contributed by atoms with Crippen molar-refractivity contribution in [3.8, 4) is 17.2 Å². The first kappa shape index (κ1) is 18.3. The number of hydrogen-bond acceptors (Lipinski definition) is 4. The maximum absolute atomic E-state index is 11.1. The van der Waals surface area contributed by atoms with Crippen molar-refractivity contribution in [2.45, 2.75) is 43.9 Å². The van der Waals surface area contributed by atoms with Crippen LogP contribution in [0.3, 0.4) is 0 Å². The van der Waals surface area contributed by atoms with Crippen molar-refractivity contribution in [1.29, 1.82) is 0 Å². The molecule has 0 aromatic heterocycles. The van der Waals surface area contributed by atoms with Crippen LogP contribution < -0.4 is 4.74 Å². The standard InChI is InChI=1S/C18H22O5S/c1-2-3-4-5-7-16-17(19)8-6-9-18(16)23-14-10-12-15(13-11-14)24(20,21)22/h6,8-13,19H,2-5,7H2,1H3,(H,20,21,22). The lowest BCUT2D eigenvalue weighted by atomic mass is 10.0. The van der Waals surface area contributed by atoms with Crippen molar-refractivity contribution in [3.05, 3.63) is 48.0 Å². The molecule has 0 spiro atoms. The number of phenolic OH excluding ortho intramolecular Hbond substituents is 1. The molecule has 0 unspecified atom stereocenters. The van der Waals surface area contributed by atoms with E-state index in [0.717, 1.165) is 31.2 Å². The van der Waals surface area contributed by atoms with Gasteiger partial charge in [-0.05, 0) is 49.2 Å². The van der Waals surface area contributed by atoms with Crippen molar-refractivity contribution in [1.82, 2.24) is 0 Å². The van der Waals surface area contributed by atoms with Crippen LogP contribution in [0.4, 0.5) is 0 Å². The van der Waals surface area contributed by atoms with E-state index in [4.69, 9.17) is 9.29 Å². The summed E-state index contributed by atoms with van der Waals surface area (Å²) in [6.07, 6.45) is 5.06. The van der Waals surface area contributed by atoms with Crippen molar-refractivity contribution in [2.24, 2.45) is 0 Å². The zero-order chi connectivity index (χ0) is 17.6. The summed E-state index contributed by atoms with van der Waals surface area (Å²) in [5, 5.41) is 10.1. The number of rotatable bonds is 8. The Labute approximate surface area is 142 Å². The van der Waals surface area contributed by atoms with Crippen molar-refractivity contribution in [2.75, 3.05) is 0 Å². The maximum atomic E-state index is 11.1. The number of hydrogen-bond donors (Lipinski definition) is 2. The van der Waals surface area contributed by atoms with Gasteiger partial charge in [0.15, 0.2) is 0 Å². The molecule has 0 aliphatic carbocycles. The third-order valence-corrected chi connectivity index (χ3v) is 4.61. The van der Waals surface area contributed by atoms with E-state index in [9.17, 15) is 13.5 Å². The average molecular weight is 350 g/mol. The molecule has 0 saturated heterocycles. The van der Waals surface area contributed by atoms with Gasteiger partial charge in [-0.1, -0.05) is 32.3 Å². The van der Waals surface area contributed by atoms with E-state index in [-0.39, 0.29) is 10.6 Å². The summed E-state index contributed by atoms with van der Waals surface area (Å²) in [4.78, 5) is -0.189. The van der Waals surface area contributed by atoms with Crippen LogP contribution in [0.5, 0.6) is 17.2 Å². The second-order valence-electron chi connectivity index (χ2n) is 5.61. The van der Waals surface area contributed by atoms with Crippen LogP contribution in [0.25, 0.3) is 0 Å². The van der Waals surface area contributed by atoms with E-state index >= 15 is 0 Å². The second-order valence-corrected chi connectivity index (χ2v) is 7.03. The molecule has 24 heavy (non-hydrogen) atoms. The lowest BCUT2D eigenvalue weighted by Gasteiger charge is -2.13. The van der Waals surface area contributed by atoms with Crippen LogP contribution in [0.2, 0.25) is 0 Å². The Morgan fingerprint density at radius 2 is 1.71 bits per heavy atom. The van der Waals surface area contributed by atoms with Gasteiger partial charge in [0.1, 0.15) is 17.2 Å². The first-order valence-corrected chi connectivity index (χ1v) is 9.42. The van der Waals surface area contributed by atoms with Gasteiger partial charge in [-0.2, -0.15) is 8.42 Å². The second kappa shape index (κ2) is 8.17. The molecule has 0 aliphatic heterocycles. The molecule has 130 valence electrons. The molecule has 2 aromatic carbocycles. The Morgan fingerprint density at radius 3 is 2.33 bits per heavy atom. The number of aromatic hydroxyl groups is 1. The summed E-state index contributed by atoms with van der Waals surface area (Å²) in [5.41, 5.74) is 0.743. The summed E-state index contributed by atoms with van der Waals surface area (Å²) in [6.45, 7) is 2.14. The molecular formula is C18H22O5S. The minimum absolute atomic E-state index is 0.189. The van der Waals surface area contributed by atoms with Crippen molar-refractivity contribution < 1.29 is 22.8 Å². The molecule has 0 atom stereocenters. The number of unbranched alkanes of at least 4 members (excludes halogenated alkanes) is 3. The molecule has 5 nitrogen and oxygen atoms in total. The summed E-state index contributed by atoms with van der Waals surface area (Å²) >= 11 is 0. The van der Waals surface area contributed by atoms with Gasteiger partial charge in [-0.25, -0.2) is 0 Å². The Morgan fingerprint density at radius 1 is 1.00 bits per heavy atom. The summed E-state index contributed by atoms with van der Waals surface area (Å²) < 4.78 is 36.9. The van der Waals surface area contributed by atoms with E-state index in [0.29, 0.717) is 17.9 Å². The first-order chi connectivity index (χ1) is 11.4. The van der Waals surface area contributed by atoms with Gasteiger partial charge in [0.2, 0.25) is 0 Å². The molecule has 6 heteroatoms. The van der Waals surface area contributed by atoms with Crippen LogP contribution in [0, 0.1) is 0 Å². The SMILES string of the molecule is CCCCCCc1c(O)cccc1Oc1ccc(S(=O)(=O)O)cc1. The largest absolute Gasteiger partial charge is 0.508 e. The maximum Gasteiger partial charge on any atom is 0.294 e. The Balaban J connectivity index is 2.15. The van der Waals surface area contributed by atoms with Gasteiger partial charge in [-0.3, -0.25) is 4.55 Å². The van der Waals surface area contributed by atoms with Gasteiger partial charge in [0, 0.05) is 5.56 Å². The van der Waals surface area contributed by atoms with E-state index in [1.54, 1.807) is 18.2 Å². The van der Waals surface area contributed by atoms with Crippen molar-refractivity contribution >= 4 is 10.1 Å². The van der Waals surface area contributed by atoms with Crippen LogP contribution in [0.15, 0.2) is 47.4 Å². The Hall–Kier alpha value is -2.05. The third kappa shape index (κ3) is 4.97. The quantitative estimate of drug-likeness (QED) is 0.539. The van der Waals surface area contributed by atoms with Crippen LogP contribution in [-0.4, -0.2) is 18.1 Å². The lowest BCUT2D eigenvalue weighted by Crippen LogP contribution is -1.98. The highest BCUT2D eigenvalue weighted by atomic mass is 32.2. The highest BCUT2D eigenvalue weighted by molar-refractivity contribution is 7.85. The Kier molecular flexibility index (Phi) is 6.23. The molecule has 0 amide bonds. The predicted octanol–water partition coefficient (Wildman–Crippen LogP) is 4.55. The molecule has 0 aliphatic rings. The minimum atomic E-state index is -4.22. The molecule has 0 bridgehead atoms. The molecule has 0 heterocycles. The zero-order valence-electron chi connectivity index (χ0n) is 13.6. The highest BCUT2D eigenvalue weighted by Crippen LogP contribution is 2.33. The van der Waals surface area contributed by atoms with Crippen LogP contribution >= 0.6 is 0 Å². The van der Waals surface area contributed by atoms with Crippen molar-refractivity contribution in [3.63, 3.8) is 0 Å². The fourth-order valence-corrected chi connectivity index (χ4v) is 2.92. The molecule has 2 N–H and O–H groups in total. The number of phenols is 1. The molecule has 2 aromatic rings. The van der Waals surface area contributed by atoms with Gasteiger partial charge in [-0.15, -0.1) is 0 Å². The van der Waals surface area contributed by atoms with E-state index in [1.165, 1.54) is 24.3 Å². The number of benzene rings is 2. The van der Waals surface area contributed by atoms with Gasteiger partial charge >= 0.3 is 0 Å². The summed E-state index contributed by atoms with van der Waals surface area (Å²) in [7, 11) is -4.22. The third-order valence-electron chi connectivity index (χ3n) is 3.74. The topological polar surface area (TPSA) is 83.8 Å². The normalized spacial score (nSPS) is 11.4. The van der Waals surface area contributed by atoms with Gasteiger partial charge < -0.3 is 9.84 Å². The molecule has 2 rings (SSSR count). The molecular weight excluding hydrogens is 328 g/mol. The minimum Gasteiger partial charge on any atom is -0.508 e. The molecule has 0 fully saturated rings. The van der Waals surface area contributed by atoms with E-state index < -0.39 is 10.1 Å². The Bertz CT molecular complexity index is 766.